The summed E-state index contributed by atoms with van der Waals surface area (Å²) >= 11 is 0. The number of phenolic OH excluding ortho intramolecular Hbond substituents is 3. The van der Waals surface area contributed by atoms with Gasteiger partial charge in [-0.1, -0.05) is 6.07 Å². The molecule has 4 rings (SSSR count). The van der Waals surface area contributed by atoms with Gasteiger partial charge >= 0.3 is 5.63 Å². The van der Waals surface area contributed by atoms with Crippen molar-refractivity contribution in [2.75, 3.05) is 0 Å². The van der Waals surface area contributed by atoms with E-state index in [1.54, 1.807) is 0 Å². The number of benzene rings is 2. The minimum atomic E-state index is -0.977. The van der Waals surface area contributed by atoms with Crippen molar-refractivity contribution >= 4 is 11.0 Å². The van der Waals surface area contributed by atoms with Gasteiger partial charge in [-0.2, -0.15) is 0 Å². The molecule has 3 aromatic rings. The van der Waals surface area contributed by atoms with E-state index < -0.39 is 17.8 Å². The molecule has 0 aliphatic carbocycles. The topological polar surface area (TPSA) is 120 Å². The maximum absolute atomic E-state index is 11.5. The summed E-state index contributed by atoms with van der Waals surface area (Å²) in [6.45, 7) is 0. The van der Waals surface area contributed by atoms with Gasteiger partial charge in [0.2, 0.25) is 0 Å². The van der Waals surface area contributed by atoms with Gasteiger partial charge < -0.3 is 29.6 Å². The molecule has 2 atom stereocenters. The van der Waals surface area contributed by atoms with Crippen LogP contribution in [0, 0.1) is 0 Å². The first kappa shape index (κ1) is 15.3. The predicted molar refractivity (Wildman–Crippen MR) is 87.0 cm³/mol. The van der Waals surface area contributed by atoms with Crippen molar-refractivity contribution in [3.05, 3.63) is 57.9 Å². The fourth-order valence-corrected chi connectivity index (χ4v) is 3.08. The molecule has 0 fully saturated rings. The quantitative estimate of drug-likeness (QED) is 0.394. The number of ether oxygens (including phenoxy) is 1. The number of aliphatic hydroxyl groups is 1. The molecule has 1 aromatic heterocycles. The second-order valence-electron chi connectivity index (χ2n) is 5.93. The zero-order chi connectivity index (χ0) is 17.7. The normalized spacial score (nSPS) is 19.4. The highest BCUT2D eigenvalue weighted by Crippen LogP contribution is 2.43. The highest BCUT2D eigenvalue weighted by atomic mass is 16.5. The second kappa shape index (κ2) is 5.42. The van der Waals surface area contributed by atoms with Gasteiger partial charge in [0, 0.05) is 24.1 Å². The fraction of sp³-hybridized carbons (Fsp3) is 0.167. The Balaban J connectivity index is 1.84. The first-order chi connectivity index (χ1) is 11.9. The summed E-state index contributed by atoms with van der Waals surface area (Å²) < 4.78 is 11.0. The van der Waals surface area contributed by atoms with Gasteiger partial charge in [0.25, 0.3) is 0 Å². The Hall–Kier alpha value is -3.19. The summed E-state index contributed by atoms with van der Waals surface area (Å²) in [5, 5.41) is 40.0. The van der Waals surface area contributed by atoms with Crippen LogP contribution in [-0.4, -0.2) is 26.5 Å². The summed E-state index contributed by atoms with van der Waals surface area (Å²) in [7, 11) is 0. The zero-order valence-electron chi connectivity index (χ0n) is 12.8. The van der Waals surface area contributed by atoms with Crippen molar-refractivity contribution in [1.29, 1.82) is 0 Å². The molecule has 7 nitrogen and oxygen atoms in total. The third-order valence-corrected chi connectivity index (χ3v) is 4.29. The van der Waals surface area contributed by atoms with Gasteiger partial charge in [0.1, 0.15) is 23.2 Å². The average Bonchev–Trinajstić information content (AvgIpc) is 2.58. The van der Waals surface area contributed by atoms with E-state index in [2.05, 4.69) is 0 Å². The van der Waals surface area contributed by atoms with Crippen molar-refractivity contribution in [3.63, 3.8) is 0 Å². The average molecular weight is 342 g/mol. The fourth-order valence-electron chi connectivity index (χ4n) is 3.08. The van der Waals surface area contributed by atoms with Crippen LogP contribution in [0.5, 0.6) is 23.0 Å². The van der Waals surface area contributed by atoms with Gasteiger partial charge in [-0.05, 0) is 23.8 Å². The Labute approximate surface area is 141 Å². The standard InChI is InChI=1S/C18H14O7/c19-11-3-1-8(5-13(11)21)17-14(22)6-10-15(24-17)7-12(20)9-2-4-16(23)25-18(9)10/h1-5,7,14,17,19-22H,6H2/t14-,17+/m0/s1. The van der Waals surface area contributed by atoms with Crippen LogP contribution in [0.3, 0.4) is 0 Å². The van der Waals surface area contributed by atoms with Crippen molar-refractivity contribution < 1.29 is 29.6 Å². The van der Waals surface area contributed by atoms with Gasteiger partial charge in [-0.3, -0.25) is 0 Å². The highest BCUT2D eigenvalue weighted by Gasteiger charge is 2.33. The molecular weight excluding hydrogens is 328 g/mol. The molecule has 0 amide bonds. The van der Waals surface area contributed by atoms with E-state index in [1.165, 1.54) is 36.4 Å². The lowest BCUT2D eigenvalue weighted by Crippen LogP contribution is -2.30. The maximum atomic E-state index is 11.5. The first-order valence-corrected chi connectivity index (χ1v) is 7.59. The van der Waals surface area contributed by atoms with E-state index >= 15 is 0 Å². The van der Waals surface area contributed by atoms with Crippen LogP contribution in [0.1, 0.15) is 17.2 Å². The number of aromatic hydroxyl groups is 3. The second-order valence-corrected chi connectivity index (χ2v) is 5.93. The molecule has 2 aromatic carbocycles. The minimum Gasteiger partial charge on any atom is -0.507 e. The van der Waals surface area contributed by atoms with Gasteiger partial charge in [0.15, 0.2) is 11.5 Å². The Morgan fingerprint density at radius 3 is 2.52 bits per heavy atom. The van der Waals surface area contributed by atoms with Gasteiger partial charge in [-0.15, -0.1) is 0 Å². The number of hydrogen-bond acceptors (Lipinski definition) is 7. The van der Waals surface area contributed by atoms with Crippen LogP contribution in [0.4, 0.5) is 0 Å². The van der Waals surface area contributed by atoms with Crippen molar-refractivity contribution in [1.82, 2.24) is 0 Å². The number of rotatable bonds is 1. The lowest BCUT2D eigenvalue weighted by molar-refractivity contribution is 0.0207. The summed E-state index contributed by atoms with van der Waals surface area (Å²) in [5.41, 5.74) is 0.550. The molecule has 0 bridgehead atoms. The Kier molecular flexibility index (Phi) is 3.33. The SMILES string of the molecule is O=c1ccc2c(O)cc3c(c2o1)C[C@H](O)[C@@H](c1ccc(O)c(O)c1)O3. The molecule has 0 radical (unpaired) electrons. The van der Waals surface area contributed by atoms with Crippen LogP contribution >= 0.6 is 0 Å². The molecule has 2 heterocycles. The van der Waals surface area contributed by atoms with E-state index in [9.17, 15) is 25.2 Å². The Morgan fingerprint density at radius 2 is 1.76 bits per heavy atom. The lowest BCUT2D eigenvalue weighted by Gasteiger charge is -2.31. The van der Waals surface area contributed by atoms with Crippen molar-refractivity contribution in [2.24, 2.45) is 0 Å². The molecule has 25 heavy (non-hydrogen) atoms. The zero-order valence-corrected chi connectivity index (χ0v) is 12.8. The van der Waals surface area contributed by atoms with Crippen molar-refractivity contribution in [2.45, 2.75) is 18.6 Å². The Bertz CT molecular complexity index is 1040. The maximum Gasteiger partial charge on any atom is 0.336 e. The van der Waals surface area contributed by atoms with Crippen molar-refractivity contribution in [3.8, 4) is 23.0 Å². The largest absolute Gasteiger partial charge is 0.507 e. The minimum absolute atomic E-state index is 0.110. The van der Waals surface area contributed by atoms with Crippen LogP contribution < -0.4 is 10.4 Å². The summed E-state index contributed by atoms with van der Waals surface area (Å²) in [4.78, 5) is 11.5. The molecule has 7 heteroatoms. The van der Waals surface area contributed by atoms with E-state index in [4.69, 9.17) is 9.15 Å². The first-order valence-electron chi connectivity index (χ1n) is 7.59. The summed E-state index contributed by atoms with van der Waals surface area (Å²) in [6.07, 6.45) is -1.66. The summed E-state index contributed by atoms with van der Waals surface area (Å²) in [6, 6.07) is 8.18. The molecule has 0 spiro atoms. The third-order valence-electron chi connectivity index (χ3n) is 4.29. The van der Waals surface area contributed by atoms with E-state index in [0.29, 0.717) is 16.5 Å². The van der Waals surface area contributed by atoms with E-state index in [0.717, 1.165) is 0 Å². The molecule has 0 saturated heterocycles. The molecule has 0 saturated carbocycles. The van der Waals surface area contributed by atoms with E-state index in [-0.39, 0.29) is 35.0 Å². The number of phenols is 3. The van der Waals surface area contributed by atoms with Crippen LogP contribution in [0.2, 0.25) is 0 Å². The molecule has 4 N–H and O–H groups in total. The molecule has 1 aliphatic rings. The monoisotopic (exact) mass is 342 g/mol. The Morgan fingerprint density at radius 1 is 0.960 bits per heavy atom. The predicted octanol–water partition coefficient (Wildman–Crippen LogP) is 1.95. The lowest BCUT2D eigenvalue weighted by atomic mass is 9.93. The van der Waals surface area contributed by atoms with E-state index in [1.807, 2.05) is 0 Å². The molecular formula is C18H14O7. The number of aliphatic hydroxyl groups excluding tert-OH is 1. The van der Waals surface area contributed by atoms with Gasteiger partial charge in [-0.25, -0.2) is 4.79 Å². The van der Waals surface area contributed by atoms with Crippen LogP contribution in [0.15, 0.2) is 45.6 Å². The van der Waals surface area contributed by atoms with Gasteiger partial charge in [0.05, 0.1) is 11.5 Å². The van der Waals surface area contributed by atoms with Crippen LogP contribution in [0.25, 0.3) is 11.0 Å². The molecule has 1 aliphatic heterocycles. The highest BCUT2D eigenvalue weighted by molar-refractivity contribution is 5.88. The molecule has 128 valence electrons. The third kappa shape index (κ3) is 2.45. The number of fused-ring (bicyclic) bond motifs is 3. The summed E-state index contributed by atoms with van der Waals surface area (Å²) in [5.74, 6) is -0.435. The molecule has 0 unspecified atom stereocenters. The van der Waals surface area contributed by atoms with Crippen LogP contribution in [-0.2, 0) is 6.42 Å². The smallest absolute Gasteiger partial charge is 0.336 e. The number of hydrogen-bond donors (Lipinski definition) is 4.